The SMILES string of the molecule is Cl.Cl.[2H]C([2H])([2H])c1ccc(C(=O)O)c(C([2H])([2H])[2H])c1. The zero-order chi connectivity index (χ0) is 13.4. The number of carbonyl (C=O) groups is 1. The van der Waals surface area contributed by atoms with E-state index >= 15 is 0 Å². The fourth-order valence-corrected chi connectivity index (χ4v) is 0.731. The molecule has 13 heavy (non-hydrogen) atoms. The molecule has 0 bridgehead atoms. The number of aryl methyl sites for hydroxylation is 2. The first-order valence-corrected chi connectivity index (χ1v) is 2.92. The molecule has 0 aromatic heterocycles. The Labute approximate surface area is 98.2 Å². The van der Waals surface area contributed by atoms with Crippen molar-refractivity contribution in [2.45, 2.75) is 13.7 Å². The summed E-state index contributed by atoms with van der Waals surface area (Å²) in [6, 6.07) is 3.01. The molecule has 74 valence electrons. The van der Waals surface area contributed by atoms with Gasteiger partial charge in [-0.1, -0.05) is 17.7 Å². The summed E-state index contributed by atoms with van der Waals surface area (Å²) in [5.41, 5.74) is -1.05. The highest BCUT2D eigenvalue weighted by Crippen LogP contribution is 2.09. The maximum Gasteiger partial charge on any atom is 0.335 e. The molecule has 0 fully saturated rings. The molecule has 0 aliphatic heterocycles. The standard InChI is InChI=1S/C9H10O2.2ClH/c1-6-3-4-8(9(10)11)7(2)5-6;;/h3-5H,1-2H3,(H,10,11);2*1H/i1D3,2D3;;. The lowest BCUT2D eigenvalue weighted by molar-refractivity contribution is 0.0696. The van der Waals surface area contributed by atoms with Gasteiger partial charge >= 0.3 is 5.97 Å². The van der Waals surface area contributed by atoms with Crippen LogP contribution in [0.1, 0.15) is 29.7 Å². The lowest BCUT2D eigenvalue weighted by Crippen LogP contribution is -1.99. The Hall–Kier alpha value is -0.730. The zero-order valence-corrected chi connectivity index (χ0v) is 8.04. The molecule has 0 unspecified atom stereocenters. The third-order valence-corrected chi connectivity index (χ3v) is 1.25. The molecule has 1 aromatic rings. The van der Waals surface area contributed by atoms with E-state index in [1.807, 2.05) is 0 Å². The number of rotatable bonds is 1. The van der Waals surface area contributed by atoms with Gasteiger partial charge in [-0.2, -0.15) is 0 Å². The van der Waals surface area contributed by atoms with E-state index in [-0.39, 0.29) is 30.4 Å². The van der Waals surface area contributed by atoms with Gasteiger partial charge in [0.1, 0.15) is 0 Å². The van der Waals surface area contributed by atoms with E-state index in [9.17, 15) is 4.79 Å². The number of halogens is 2. The predicted octanol–water partition coefficient (Wildman–Crippen LogP) is 2.85. The molecular weight excluding hydrogens is 211 g/mol. The molecule has 0 saturated carbocycles. The minimum Gasteiger partial charge on any atom is -0.478 e. The van der Waals surface area contributed by atoms with Crippen LogP contribution in [-0.2, 0) is 0 Å². The van der Waals surface area contributed by atoms with Gasteiger partial charge in [-0.15, -0.1) is 24.8 Å². The second-order valence-corrected chi connectivity index (χ2v) is 2.07. The molecule has 4 heteroatoms. The summed E-state index contributed by atoms with van der Waals surface area (Å²) in [7, 11) is 0. The van der Waals surface area contributed by atoms with Crippen molar-refractivity contribution >= 4 is 30.8 Å². The minimum absolute atomic E-state index is 0. The summed E-state index contributed by atoms with van der Waals surface area (Å²) >= 11 is 0. The summed E-state index contributed by atoms with van der Waals surface area (Å²) in [6.45, 7) is -5.12. The van der Waals surface area contributed by atoms with Crippen LogP contribution in [0.15, 0.2) is 18.2 Å². The highest BCUT2D eigenvalue weighted by Gasteiger charge is 2.04. The second kappa shape index (κ2) is 5.84. The maximum atomic E-state index is 10.8. The van der Waals surface area contributed by atoms with E-state index in [0.717, 1.165) is 18.2 Å². The summed E-state index contributed by atoms with van der Waals surface area (Å²) in [5.74, 6) is -1.40. The van der Waals surface area contributed by atoms with Crippen LogP contribution in [0.4, 0.5) is 0 Å². The van der Waals surface area contributed by atoms with Crippen molar-refractivity contribution in [3.63, 3.8) is 0 Å². The first-order chi connectivity index (χ1) is 7.53. The van der Waals surface area contributed by atoms with Crippen molar-refractivity contribution in [3.05, 3.63) is 34.9 Å². The van der Waals surface area contributed by atoms with Crippen LogP contribution in [0, 0.1) is 13.7 Å². The zero-order valence-electron chi connectivity index (χ0n) is 12.4. The van der Waals surface area contributed by atoms with Gasteiger partial charge in [-0.05, 0) is 25.3 Å². The van der Waals surface area contributed by atoms with Gasteiger partial charge in [-0.25, -0.2) is 4.79 Å². The molecule has 0 radical (unpaired) electrons. The molecule has 0 atom stereocenters. The highest BCUT2D eigenvalue weighted by molar-refractivity contribution is 5.89. The minimum atomic E-state index is -2.66. The van der Waals surface area contributed by atoms with Crippen molar-refractivity contribution in [2.24, 2.45) is 0 Å². The number of hydrogen-bond donors (Lipinski definition) is 1. The van der Waals surface area contributed by atoms with Crippen LogP contribution in [-0.4, -0.2) is 11.1 Å². The maximum absolute atomic E-state index is 10.8. The monoisotopic (exact) mass is 228 g/mol. The first-order valence-electron chi connectivity index (χ1n) is 5.92. The fourth-order valence-electron chi connectivity index (χ4n) is 0.731. The van der Waals surface area contributed by atoms with E-state index < -0.39 is 30.8 Å². The highest BCUT2D eigenvalue weighted by atomic mass is 35.5. The molecule has 0 heterocycles. The summed E-state index contributed by atoms with van der Waals surface area (Å²) in [6.07, 6.45) is 0. The third-order valence-electron chi connectivity index (χ3n) is 1.25. The Morgan fingerprint density at radius 3 is 2.54 bits per heavy atom. The third kappa shape index (κ3) is 3.66. The number of aromatic carboxylic acids is 1. The number of carboxylic acid groups (broad SMARTS) is 1. The van der Waals surface area contributed by atoms with Crippen LogP contribution in [0.25, 0.3) is 0 Å². The van der Waals surface area contributed by atoms with Crippen molar-refractivity contribution < 1.29 is 18.1 Å². The van der Waals surface area contributed by atoms with Gasteiger partial charge < -0.3 is 5.11 Å². The summed E-state index contributed by atoms with van der Waals surface area (Å²) in [4.78, 5) is 10.8. The van der Waals surface area contributed by atoms with Crippen LogP contribution in [0.3, 0.4) is 0 Å². The molecule has 0 aliphatic carbocycles. The van der Waals surface area contributed by atoms with E-state index in [4.69, 9.17) is 13.3 Å². The van der Waals surface area contributed by atoms with Crippen molar-refractivity contribution in [1.29, 1.82) is 0 Å². The average molecular weight is 229 g/mol. The van der Waals surface area contributed by atoms with Crippen LogP contribution in [0.2, 0.25) is 0 Å². The van der Waals surface area contributed by atoms with Crippen molar-refractivity contribution in [3.8, 4) is 0 Å². The van der Waals surface area contributed by atoms with Crippen molar-refractivity contribution in [1.82, 2.24) is 0 Å². The van der Waals surface area contributed by atoms with Crippen molar-refractivity contribution in [2.75, 3.05) is 0 Å². The van der Waals surface area contributed by atoms with Gasteiger partial charge in [0.2, 0.25) is 0 Å². The molecular formula is C9H12Cl2O2. The lowest BCUT2D eigenvalue weighted by Gasteiger charge is -2.00. The quantitative estimate of drug-likeness (QED) is 0.803. The molecule has 1 rings (SSSR count). The molecule has 0 spiro atoms. The van der Waals surface area contributed by atoms with Crippen LogP contribution in [0.5, 0.6) is 0 Å². The van der Waals surface area contributed by atoms with E-state index in [1.165, 1.54) is 0 Å². The largest absolute Gasteiger partial charge is 0.478 e. The topological polar surface area (TPSA) is 37.3 Å². The number of benzene rings is 1. The number of carboxylic acids is 1. The Balaban J connectivity index is 0. The molecule has 0 saturated heterocycles. The molecule has 1 N–H and O–H groups in total. The predicted molar refractivity (Wildman–Crippen MR) is 57.4 cm³/mol. The second-order valence-electron chi connectivity index (χ2n) is 2.07. The summed E-state index contributed by atoms with van der Waals surface area (Å²) < 4.78 is 43.0. The fraction of sp³-hybridized carbons (Fsp3) is 0.222. The lowest BCUT2D eigenvalue weighted by atomic mass is 10.1. The Morgan fingerprint density at radius 1 is 1.38 bits per heavy atom. The van der Waals surface area contributed by atoms with E-state index in [1.54, 1.807) is 0 Å². The molecule has 2 nitrogen and oxygen atoms in total. The molecule has 0 amide bonds. The van der Waals surface area contributed by atoms with Crippen LogP contribution < -0.4 is 0 Å². The Bertz CT molecular complexity index is 455. The Morgan fingerprint density at radius 2 is 2.08 bits per heavy atom. The first kappa shape index (κ1) is 5.89. The van der Waals surface area contributed by atoms with Gasteiger partial charge in [0.15, 0.2) is 0 Å². The van der Waals surface area contributed by atoms with Gasteiger partial charge in [-0.3, -0.25) is 0 Å². The normalized spacial score (nSPS) is 16.9. The molecule has 0 aliphatic rings. The van der Waals surface area contributed by atoms with E-state index in [0.29, 0.717) is 0 Å². The summed E-state index contributed by atoms with van der Waals surface area (Å²) in [5, 5.41) is 8.83. The smallest absolute Gasteiger partial charge is 0.335 e. The van der Waals surface area contributed by atoms with E-state index in [2.05, 4.69) is 0 Å². The molecule has 1 aromatic carbocycles. The number of hydrogen-bond acceptors (Lipinski definition) is 1. The van der Waals surface area contributed by atoms with Gasteiger partial charge in [0, 0.05) is 8.22 Å². The average Bonchev–Trinajstić information content (AvgIpc) is 2.14. The van der Waals surface area contributed by atoms with Crippen LogP contribution >= 0.6 is 24.8 Å². The van der Waals surface area contributed by atoms with Gasteiger partial charge in [0.05, 0.1) is 5.56 Å². The Kier molecular flexibility index (Phi) is 2.64. The van der Waals surface area contributed by atoms with Gasteiger partial charge in [0.25, 0.3) is 0 Å².